The molecule has 1 fully saturated rings. The molecule has 3 aromatic heterocycles. The van der Waals surface area contributed by atoms with Crippen LogP contribution in [0.15, 0.2) is 136 Å². The maximum atomic E-state index is 12.3. The smallest absolute Gasteiger partial charge is 0.341 e. The van der Waals surface area contributed by atoms with Gasteiger partial charge in [0.2, 0.25) is 0 Å². The van der Waals surface area contributed by atoms with Gasteiger partial charge in [0.25, 0.3) is 16.7 Å². The number of rotatable bonds is 23. The fraction of sp³-hybridized carbons (Fsp3) is 0.161. The highest BCUT2D eigenvalue weighted by Gasteiger charge is 2.23. The minimum atomic E-state index is -1.07. The number of aromatic amines is 1. The van der Waals surface area contributed by atoms with Crippen LogP contribution in [0.5, 0.6) is 40.2 Å². The molecule has 0 unspecified atom stereocenters. The molecule has 1 aliphatic rings. The number of carboxylic acids is 3. The Morgan fingerprint density at radius 2 is 0.966 bits per heavy atom. The molecule has 0 amide bonds. The second kappa shape index (κ2) is 33.8. The summed E-state index contributed by atoms with van der Waals surface area (Å²) < 4.78 is 43.9. The van der Waals surface area contributed by atoms with E-state index in [2.05, 4.69) is 44.5 Å². The van der Waals surface area contributed by atoms with Crippen molar-refractivity contribution in [2.75, 3.05) is 47.8 Å². The van der Waals surface area contributed by atoms with E-state index in [9.17, 15) is 33.6 Å². The van der Waals surface area contributed by atoms with Gasteiger partial charge in [0.1, 0.15) is 12.4 Å². The molecule has 0 atom stereocenters. The number of methoxy groups -OCH3 is 3. The molecule has 0 radical (unpaired) electrons. The number of ketones is 1. The molecule has 4 N–H and O–H groups in total. The molecule has 1 saturated heterocycles. The molecule has 1 aliphatic heterocycles. The Hall–Kier alpha value is -9.53. The first-order valence-electron chi connectivity index (χ1n) is 25.4. The first kappa shape index (κ1) is 68.3. The van der Waals surface area contributed by atoms with Crippen molar-refractivity contribution in [2.24, 2.45) is 0 Å². The number of aliphatic carboxylic acids is 3. The van der Waals surface area contributed by atoms with Gasteiger partial charge in [-0.2, -0.15) is 0 Å². The number of hydrogen-bond acceptors (Lipinski definition) is 19. The molecule has 0 spiro atoms. The molecule has 87 heavy (non-hydrogen) atoms. The Balaban J connectivity index is 0.000000213. The topological polar surface area (TPSA) is 270 Å². The van der Waals surface area contributed by atoms with Gasteiger partial charge in [0.05, 0.1) is 64.4 Å². The minimum absolute atomic E-state index is 0.0750. The number of carbonyl (C=O) groups is 4. The van der Waals surface area contributed by atoms with Gasteiger partial charge in [-0.25, -0.2) is 14.4 Å². The summed E-state index contributed by atoms with van der Waals surface area (Å²) in [4.78, 5) is 82.6. The molecule has 0 aliphatic carbocycles. The number of Topliss-reactive ketones (excluding diaryl/α,β-unsaturated/α-hetero) is 1. The van der Waals surface area contributed by atoms with E-state index < -0.39 is 31.1 Å². The van der Waals surface area contributed by atoms with E-state index in [0.717, 1.165) is 26.5 Å². The zero-order valence-corrected chi connectivity index (χ0v) is 51.3. The number of thiazole rings is 3. The highest BCUT2D eigenvalue weighted by Crippen LogP contribution is 2.35. The standard InChI is InChI=1S/2C17H17NO5S.C15H14O3S2.C13H11NO4S/c2*1-4-7-18-11(2)24-15(17(18)21)9-12-5-6-13(14(8-12)22-3)23-10-16(19)20;1-3-6-18-12-5-4-10(7-13(12)17-2)8-14-11(16)9-15(19)20-14;1-8-14-13(17)11(19-8)6-9-2-4-10(5-3-9)18-7-12(15)16/h2*4-6,8-9H,1-2,7,10H2,3H3,(H,19,20);3-5,7-8H,1,6,9H2,2H3;2-6H,1,7H2,(H,14,17)(H,15,16)/b2*15-9-;14-8+;. The number of allylic oxidation sites excluding steroid dienone is 3. The lowest BCUT2D eigenvalue weighted by Gasteiger charge is -2.10. The third kappa shape index (κ3) is 20.9. The zero-order valence-electron chi connectivity index (χ0n) is 47.2. The third-order valence-corrected chi connectivity index (χ3v) is 15.3. The van der Waals surface area contributed by atoms with Crippen molar-refractivity contribution >= 4 is 130 Å². The Morgan fingerprint density at radius 1 is 0.552 bits per heavy atom. The van der Waals surface area contributed by atoms with Crippen molar-refractivity contribution in [1.82, 2.24) is 14.1 Å². The number of carboxylic acid groups (broad SMARTS) is 3. The van der Waals surface area contributed by atoms with Gasteiger partial charge in [-0.1, -0.05) is 98.9 Å². The van der Waals surface area contributed by atoms with E-state index in [-0.39, 0.29) is 29.1 Å². The molecule has 8 rings (SSSR count). The van der Waals surface area contributed by atoms with Crippen molar-refractivity contribution in [3.63, 3.8) is 0 Å². The number of aromatic nitrogens is 3. The van der Waals surface area contributed by atoms with Gasteiger partial charge < -0.3 is 53.5 Å². The van der Waals surface area contributed by atoms with Crippen LogP contribution in [0.25, 0.3) is 44.0 Å². The van der Waals surface area contributed by atoms with Crippen molar-refractivity contribution in [3.8, 4) is 40.2 Å². The maximum absolute atomic E-state index is 12.3. The van der Waals surface area contributed by atoms with E-state index in [1.165, 1.54) is 60.0 Å². The molecular weight excluding hydrogens is 1220 g/mol. The number of ether oxygens (including phenoxy) is 7. The van der Waals surface area contributed by atoms with E-state index >= 15 is 0 Å². The molecule has 0 saturated carbocycles. The lowest BCUT2D eigenvalue weighted by atomic mass is 10.1. The number of nitrogens with zero attached hydrogens (tertiary/aromatic N) is 2. The lowest BCUT2D eigenvalue weighted by molar-refractivity contribution is -0.140. The fourth-order valence-corrected chi connectivity index (χ4v) is 11.1. The van der Waals surface area contributed by atoms with E-state index in [4.69, 9.17) is 60.7 Å². The SMILES string of the molecule is C=CCOc1ccc(/C=C2/SC(=S)CC2=O)cc1OC.C=CCn1c(=C)s/c(=C\c2ccc(OCC(=O)O)c(OC)c2)c1=O.C=CCn1c(=C)s/c(=C\c2ccc(OCC(=O)O)c(OC)c2)c1=O.C=c1[nH]c(=O)c(=Cc2ccc(OCC(=O)O)cc2)s1. The van der Waals surface area contributed by atoms with Gasteiger partial charge in [-0.15, -0.1) is 47.2 Å². The summed E-state index contributed by atoms with van der Waals surface area (Å²) in [5, 5.41) is 25.8. The minimum Gasteiger partial charge on any atom is -0.493 e. The average molecular weight is 1280 g/mol. The zero-order chi connectivity index (χ0) is 63.7. The molecular formula is C62H59N3O17S5. The van der Waals surface area contributed by atoms with Crippen LogP contribution in [0, 0.1) is 0 Å². The number of nitrogens with one attached hydrogen (secondary N) is 1. The van der Waals surface area contributed by atoms with Crippen LogP contribution < -0.4 is 77.4 Å². The van der Waals surface area contributed by atoms with Gasteiger partial charge >= 0.3 is 17.9 Å². The second-order valence-corrected chi connectivity index (χ2v) is 22.7. The largest absolute Gasteiger partial charge is 0.493 e. The molecule has 454 valence electrons. The Bertz CT molecular complexity index is 4110. The molecule has 25 heteroatoms. The third-order valence-electron chi connectivity index (χ3n) is 11.2. The summed E-state index contributed by atoms with van der Waals surface area (Å²) in [5.74, 6) is 0.0804. The predicted octanol–water partition coefficient (Wildman–Crippen LogP) is 5.39. The van der Waals surface area contributed by atoms with Crippen LogP contribution in [0.4, 0.5) is 0 Å². The fourth-order valence-electron chi connectivity index (χ4n) is 7.30. The van der Waals surface area contributed by atoms with Crippen molar-refractivity contribution in [2.45, 2.75) is 19.5 Å². The van der Waals surface area contributed by atoms with E-state index in [0.29, 0.717) is 98.9 Å². The van der Waals surface area contributed by atoms with Gasteiger partial charge in [0.15, 0.2) is 60.1 Å². The molecule has 4 heterocycles. The monoisotopic (exact) mass is 1280 g/mol. The normalized spacial score (nSPS) is 12.5. The summed E-state index contributed by atoms with van der Waals surface area (Å²) in [6.07, 6.45) is 12.3. The summed E-state index contributed by atoms with van der Waals surface area (Å²) in [5.41, 5.74) is 2.76. The Labute approximate surface area is 518 Å². The Kier molecular flexibility index (Phi) is 26.5. The number of carbonyl (C=O) groups excluding carboxylic acids is 1. The van der Waals surface area contributed by atoms with Crippen LogP contribution in [-0.4, -0.2) is 105 Å². The maximum Gasteiger partial charge on any atom is 0.341 e. The quantitative estimate of drug-likeness (QED) is 0.0355. The van der Waals surface area contributed by atoms with Gasteiger partial charge in [0, 0.05) is 13.1 Å². The van der Waals surface area contributed by atoms with Crippen LogP contribution >= 0.6 is 58.0 Å². The molecule has 20 nitrogen and oxygen atoms in total. The van der Waals surface area contributed by atoms with Crippen LogP contribution in [0.3, 0.4) is 0 Å². The highest BCUT2D eigenvalue weighted by molar-refractivity contribution is 8.27. The first-order chi connectivity index (χ1) is 41.6. The summed E-state index contributed by atoms with van der Waals surface area (Å²) >= 11 is 10.3. The number of hydrogen-bond donors (Lipinski definition) is 4. The molecule has 0 bridgehead atoms. The van der Waals surface area contributed by atoms with Crippen LogP contribution in [-0.2, 0) is 32.3 Å². The first-order valence-corrected chi connectivity index (χ1v) is 29.1. The van der Waals surface area contributed by atoms with Gasteiger partial charge in [-0.3, -0.25) is 28.3 Å². The van der Waals surface area contributed by atoms with Crippen LogP contribution in [0.1, 0.15) is 28.7 Å². The number of thioether (sulfide) groups is 1. The van der Waals surface area contributed by atoms with E-state index in [1.807, 2.05) is 24.3 Å². The summed E-state index contributed by atoms with van der Waals surface area (Å²) in [6, 6.07) is 22.3. The van der Waals surface area contributed by atoms with Crippen molar-refractivity contribution < 1.29 is 67.7 Å². The van der Waals surface area contributed by atoms with Crippen LogP contribution in [0.2, 0.25) is 0 Å². The second-order valence-electron chi connectivity index (χ2n) is 17.4. The highest BCUT2D eigenvalue weighted by atomic mass is 32.2. The number of H-pyrrole nitrogens is 1. The Morgan fingerprint density at radius 3 is 1.34 bits per heavy atom. The predicted molar refractivity (Wildman–Crippen MR) is 346 cm³/mol. The van der Waals surface area contributed by atoms with Crippen molar-refractivity contribution in [3.05, 3.63) is 203 Å². The summed E-state index contributed by atoms with van der Waals surface area (Å²) in [6.45, 7) is 22.2. The number of thiocarbonyl (C=S) groups is 1. The lowest BCUT2D eigenvalue weighted by Crippen LogP contribution is -2.30. The molecule has 4 aromatic carbocycles. The molecule has 7 aromatic rings. The number of benzene rings is 4. The average Bonchev–Trinajstić information content (AvgIpc) is 4.39. The van der Waals surface area contributed by atoms with E-state index in [1.54, 1.807) is 113 Å². The van der Waals surface area contributed by atoms with Crippen molar-refractivity contribution in [1.29, 1.82) is 0 Å². The summed E-state index contributed by atoms with van der Waals surface area (Å²) in [7, 11) is 4.50. The van der Waals surface area contributed by atoms with Gasteiger partial charge in [-0.05, 0) is 95.1 Å².